The molecule has 0 aliphatic carbocycles. The maximum absolute atomic E-state index is 12.4. The van der Waals surface area contributed by atoms with Crippen molar-refractivity contribution >= 4 is 17.4 Å². The fourth-order valence-electron chi connectivity index (χ4n) is 1.39. The minimum atomic E-state index is -4.61. The number of hydrogen-bond acceptors (Lipinski definition) is 3. The molecule has 0 saturated heterocycles. The smallest absolute Gasteiger partial charge is 0.395 e. The predicted molar refractivity (Wildman–Crippen MR) is 59.6 cm³/mol. The molecular formula is C10H10ClF5N2O. The van der Waals surface area contributed by atoms with Gasteiger partial charge in [0.25, 0.3) is 6.43 Å². The third-order valence-corrected chi connectivity index (χ3v) is 2.46. The lowest BCUT2D eigenvalue weighted by Crippen LogP contribution is -2.32. The van der Waals surface area contributed by atoms with Crippen LogP contribution in [0.4, 0.5) is 27.8 Å². The summed E-state index contributed by atoms with van der Waals surface area (Å²) >= 11 is 5.62. The van der Waals surface area contributed by atoms with Crippen molar-refractivity contribution in [3.63, 3.8) is 0 Å². The third kappa shape index (κ3) is 4.46. The van der Waals surface area contributed by atoms with Gasteiger partial charge in [-0.15, -0.1) is 0 Å². The molecule has 1 N–H and O–H groups in total. The fourth-order valence-corrected chi connectivity index (χ4v) is 1.68. The molecule has 0 spiro atoms. The Hall–Kier alpha value is -1.15. The number of rotatable bonds is 5. The van der Waals surface area contributed by atoms with Crippen LogP contribution in [0.2, 0.25) is 5.02 Å². The van der Waals surface area contributed by atoms with Crippen LogP contribution < -0.4 is 4.90 Å². The summed E-state index contributed by atoms with van der Waals surface area (Å²) in [5.74, 6) is -0.219. The van der Waals surface area contributed by atoms with Gasteiger partial charge in [0.15, 0.2) is 0 Å². The highest BCUT2D eigenvalue weighted by atomic mass is 35.5. The molecule has 0 aliphatic rings. The molecule has 0 bridgehead atoms. The second-order valence-electron chi connectivity index (χ2n) is 3.59. The largest absolute Gasteiger partial charge is 0.417 e. The van der Waals surface area contributed by atoms with Crippen molar-refractivity contribution in [2.45, 2.75) is 12.6 Å². The molecular weight excluding hydrogens is 295 g/mol. The summed E-state index contributed by atoms with van der Waals surface area (Å²) in [5, 5.41) is 8.35. The summed E-state index contributed by atoms with van der Waals surface area (Å²) in [7, 11) is 0. The molecule has 19 heavy (non-hydrogen) atoms. The molecule has 1 heterocycles. The highest BCUT2D eigenvalue weighted by Crippen LogP contribution is 2.33. The molecule has 9 heteroatoms. The van der Waals surface area contributed by atoms with Gasteiger partial charge in [0, 0.05) is 12.7 Å². The summed E-state index contributed by atoms with van der Waals surface area (Å²) in [5.41, 5.74) is -1.07. The van der Waals surface area contributed by atoms with Crippen LogP contribution in [0.25, 0.3) is 0 Å². The van der Waals surface area contributed by atoms with E-state index in [1.807, 2.05) is 0 Å². The Labute approximate surface area is 110 Å². The molecule has 1 aromatic rings. The number of halogens is 6. The molecule has 0 saturated carbocycles. The van der Waals surface area contributed by atoms with Crippen molar-refractivity contribution in [1.82, 2.24) is 4.98 Å². The Balaban J connectivity index is 3.04. The topological polar surface area (TPSA) is 36.4 Å². The number of alkyl halides is 5. The molecule has 0 fully saturated rings. The monoisotopic (exact) mass is 304 g/mol. The lowest BCUT2D eigenvalue weighted by Gasteiger charge is -2.23. The molecule has 3 nitrogen and oxygen atoms in total. The van der Waals surface area contributed by atoms with Crippen molar-refractivity contribution in [2.24, 2.45) is 0 Å². The van der Waals surface area contributed by atoms with E-state index in [0.717, 1.165) is 4.90 Å². The Bertz CT molecular complexity index is 427. The van der Waals surface area contributed by atoms with Gasteiger partial charge in [-0.05, 0) is 6.07 Å². The highest BCUT2D eigenvalue weighted by Gasteiger charge is 2.32. The van der Waals surface area contributed by atoms with Gasteiger partial charge in [0.1, 0.15) is 5.82 Å². The molecule has 1 aromatic heterocycles. The van der Waals surface area contributed by atoms with Gasteiger partial charge in [-0.2, -0.15) is 13.2 Å². The van der Waals surface area contributed by atoms with Crippen LogP contribution in [0.1, 0.15) is 5.56 Å². The van der Waals surface area contributed by atoms with E-state index in [-0.39, 0.29) is 12.4 Å². The van der Waals surface area contributed by atoms with Crippen LogP contribution in [0.5, 0.6) is 0 Å². The van der Waals surface area contributed by atoms with Crippen LogP contribution in [-0.4, -0.2) is 36.2 Å². The number of aliphatic hydroxyl groups is 1. The SMILES string of the molecule is OCCN(CC(F)F)c1ncc(C(F)(F)F)cc1Cl. The minimum absolute atomic E-state index is 0.206. The average Bonchev–Trinajstić information content (AvgIpc) is 2.26. The van der Waals surface area contributed by atoms with Gasteiger partial charge in [-0.1, -0.05) is 11.6 Å². The van der Waals surface area contributed by atoms with Crippen LogP contribution in [0.3, 0.4) is 0 Å². The second-order valence-corrected chi connectivity index (χ2v) is 4.00. The van der Waals surface area contributed by atoms with Crippen LogP contribution >= 0.6 is 11.6 Å². The number of aliphatic hydroxyl groups excluding tert-OH is 1. The number of aromatic nitrogens is 1. The van der Waals surface area contributed by atoms with Gasteiger partial charge >= 0.3 is 6.18 Å². The highest BCUT2D eigenvalue weighted by molar-refractivity contribution is 6.33. The van der Waals surface area contributed by atoms with E-state index in [1.165, 1.54) is 0 Å². The zero-order valence-corrected chi connectivity index (χ0v) is 10.2. The van der Waals surface area contributed by atoms with Gasteiger partial charge in [-0.25, -0.2) is 13.8 Å². The van der Waals surface area contributed by atoms with Crippen molar-refractivity contribution in [1.29, 1.82) is 0 Å². The normalized spacial score (nSPS) is 12.0. The number of hydrogen-bond donors (Lipinski definition) is 1. The standard InChI is InChI=1S/C10H10ClF5N2O/c11-7-3-6(10(14,15)16)4-17-9(7)18(1-2-19)5-8(12)13/h3-4,8,19H,1-2,5H2. The van der Waals surface area contributed by atoms with E-state index < -0.39 is 36.3 Å². The van der Waals surface area contributed by atoms with Crippen molar-refractivity contribution in [2.75, 3.05) is 24.6 Å². The average molecular weight is 305 g/mol. The maximum atomic E-state index is 12.4. The lowest BCUT2D eigenvalue weighted by atomic mass is 10.2. The molecule has 108 valence electrons. The van der Waals surface area contributed by atoms with Gasteiger partial charge < -0.3 is 10.0 Å². The molecule has 0 radical (unpaired) electrons. The van der Waals surface area contributed by atoms with E-state index in [9.17, 15) is 22.0 Å². The molecule has 1 rings (SSSR count). The maximum Gasteiger partial charge on any atom is 0.417 e. The van der Waals surface area contributed by atoms with E-state index in [0.29, 0.717) is 12.3 Å². The number of nitrogens with zero attached hydrogens (tertiary/aromatic N) is 2. The summed E-state index contributed by atoms with van der Waals surface area (Å²) in [4.78, 5) is 4.37. The Kier molecular flexibility index (Phi) is 5.30. The van der Waals surface area contributed by atoms with Gasteiger partial charge in [0.05, 0.1) is 23.7 Å². The minimum Gasteiger partial charge on any atom is -0.395 e. The molecule has 0 aliphatic heterocycles. The first-order valence-electron chi connectivity index (χ1n) is 5.12. The van der Waals surface area contributed by atoms with Crippen LogP contribution in [0, 0.1) is 0 Å². The first-order valence-corrected chi connectivity index (χ1v) is 5.50. The predicted octanol–water partition coefficient (Wildman–Crippen LogP) is 2.82. The van der Waals surface area contributed by atoms with Crippen molar-refractivity contribution in [3.8, 4) is 0 Å². The van der Waals surface area contributed by atoms with Crippen LogP contribution in [-0.2, 0) is 6.18 Å². The Morgan fingerprint density at radius 2 is 2.00 bits per heavy atom. The lowest BCUT2D eigenvalue weighted by molar-refractivity contribution is -0.137. The summed E-state index contributed by atoms with van der Waals surface area (Å²) in [6, 6.07) is 0.611. The molecule has 0 aromatic carbocycles. The second kappa shape index (κ2) is 6.33. The Morgan fingerprint density at radius 3 is 2.42 bits per heavy atom. The molecule has 0 amide bonds. The summed E-state index contributed by atoms with van der Waals surface area (Å²) in [6.45, 7) is -1.44. The molecule has 0 atom stereocenters. The summed E-state index contributed by atoms with van der Waals surface area (Å²) < 4.78 is 61.8. The quantitative estimate of drug-likeness (QED) is 0.850. The number of anilines is 1. The third-order valence-electron chi connectivity index (χ3n) is 2.18. The van der Waals surface area contributed by atoms with Gasteiger partial charge in [-0.3, -0.25) is 0 Å². The molecule has 0 unspecified atom stereocenters. The van der Waals surface area contributed by atoms with E-state index >= 15 is 0 Å². The fraction of sp³-hybridized carbons (Fsp3) is 0.500. The van der Waals surface area contributed by atoms with E-state index in [1.54, 1.807) is 0 Å². The first-order chi connectivity index (χ1) is 8.75. The van der Waals surface area contributed by atoms with E-state index in [4.69, 9.17) is 16.7 Å². The van der Waals surface area contributed by atoms with Crippen molar-refractivity contribution in [3.05, 3.63) is 22.8 Å². The van der Waals surface area contributed by atoms with Crippen molar-refractivity contribution < 1.29 is 27.1 Å². The zero-order valence-electron chi connectivity index (χ0n) is 9.46. The van der Waals surface area contributed by atoms with Gasteiger partial charge in [0.2, 0.25) is 0 Å². The first kappa shape index (κ1) is 15.9. The van der Waals surface area contributed by atoms with Crippen LogP contribution in [0.15, 0.2) is 12.3 Å². The number of pyridine rings is 1. The Morgan fingerprint density at radius 1 is 1.37 bits per heavy atom. The zero-order chi connectivity index (χ0) is 14.6. The van der Waals surface area contributed by atoms with E-state index in [2.05, 4.69) is 4.98 Å². The summed E-state index contributed by atoms with van der Waals surface area (Å²) in [6.07, 6.45) is -6.83.